The number of hydrogen-bond donors (Lipinski definition) is 0. The van der Waals surface area contributed by atoms with E-state index < -0.39 is 17.9 Å². The Balaban J connectivity index is 2.04. The third kappa shape index (κ3) is 2.99. The zero-order valence-corrected chi connectivity index (χ0v) is 12.7. The summed E-state index contributed by atoms with van der Waals surface area (Å²) in [4.78, 5) is 27.6. The monoisotopic (exact) mass is 313 g/mol. The van der Waals surface area contributed by atoms with Crippen molar-refractivity contribution in [1.82, 2.24) is 4.98 Å². The number of pyridine rings is 1. The number of halogens is 1. The van der Waals surface area contributed by atoms with Gasteiger partial charge in [0, 0.05) is 18.0 Å². The van der Waals surface area contributed by atoms with Gasteiger partial charge in [-0.1, -0.05) is 18.2 Å². The first-order valence-corrected chi connectivity index (χ1v) is 7.39. The molecule has 118 valence electrons. The lowest BCUT2D eigenvalue weighted by molar-refractivity contribution is -0.141. The largest absolute Gasteiger partial charge is 0.469 e. The van der Waals surface area contributed by atoms with E-state index in [1.54, 1.807) is 24.5 Å². The van der Waals surface area contributed by atoms with Gasteiger partial charge in [0.05, 0.1) is 13.5 Å². The quantitative estimate of drug-likeness (QED) is 0.816. The number of hydrogen-bond acceptors (Lipinski definition) is 4. The molecule has 2 atom stereocenters. The minimum Gasteiger partial charge on any atom is -0.469 e. The number of methoxy groups -OCH3 is 1. The Morgan fingerprint density at radius 2 is 2.00 bits per heavy atom. The van der Waals surface area contributed by atoms with E-state index in [9.17, 15) is 14.0 Å². The van der Waals surface area contributed by atoms with E-state index in [1.807, 2.05) is 18.2 Å². The van der Waals surface area contributed by atoms with Crippen molar-refractivity contribution in [3.05, 3.63) is 53.9 Å². The number of benzene rings is 1. The SMILES string of the molecule is COC(=O)CC1CC(F)C(=O)c2ccc(-c3ccncc3)cc21. The number of esters is 1. The van der Waals surface area contributed by atoms with Crippen LogP contribution in [0, 0.1) is 0 Å². The summed E-state index contributed by atoms with van der Waals surface area (Å²) in [6.07, 6.45) is 1.88. The van der Waals surface area contributed by atoms with Crippen LogP contribution in [0.1, 0.15) is 34.7 Å². The fourth-order valence-corrected chi connectivity index (χ4v) is 2.98. The highest BCUT2D eigenvalue weighted by molar-refractivity contribution is 6.02. The summed E-state index contributed by atoms with van der Waals surface area (Å²) in [6, 6.07) is 9.02. The van der Waals surface area contributed by atoms with Gasteiger partial charge in [-0.25, -0.2) is 4.39 Å². The lowest BCUT2D eigenvalue weighted by Gasteiger charge is -2.26. The average molecular weight is 313 g/mol. The molecule has 0 bridgehead atoms. The first-order valence-electron chi connectivity index (χ1n) is 7.39. The van der Waals surface area contributed by atoms with E-state index in [0.717, 1.165) is 11.1 Å². The van der Waals surface area contributed by atoms with Gasteiger partial charge in [-0.15, -0.1) is 0 Å². The molecule has 2 aromatic rings. The van der Waals surface area contributed by atoms with Gasteiger partial charge in [0.25, 0.3) is 0 Å². The van der Waals surface area contributed by atoms with Crippen LogP contribution in [-0.2, 0) is 9.53 Å². The number of aromatic nitrogens is 1. The number of ether oxygens (including phenoxy) is 1. The van der Waals surface area contributed by atoms with Crippen LogP contribution in [0.5, 0.6) is 0 Å². The molecule has 0 amide bonds. The van der Waals surface area contributed by atoms with E-state index in [4.69, 9.17) is 4.74 Å². The molecule has 0 N–H and O–H groups in total. The van der Waals surface area contributed by atoms with E-state index >= 15 is 0 Å². The zero-order chi connectivity index (χ0) is 16.4. The highest BCUT2D eigenvalue weighted by Crippen LogP contribution is 2.37. The molecule has 5 heteroatoms. The van der Waals surface area contributed by atoms with Crippen molar-refractivity contribution < 1.29 is 18.7 Å². The maximum atomic E-state index is 14.0. The highest BCUT2D eigenvalue weighted by Gasteiger charge is 2.35. The molecule has 1 aromatic carbocycles. The second-order valence-electron chi connectivity index (χ2n) is 5.58. The molecule has 0 radical (unpaired) electrons. The van der Waals surface area contributed by atoms with Crippen LogP contribution in [0.15, 0.2) is 42.7 Å². The first-order chi connectivity index (χ1) is 11.1. The van der Waals surface area contributed by atoms with Gasteiger partial charge < -0.3 is 4.74 Å². The van der Waals surface area contributed by atoms with Crippen LogP contribution in [0.4, 0.5) is 4.39 Å². The number of ketones is 1. The number of nitrogens with zero attached hydrogens (tertiary/aromatic N) is 1. The molecule has 4 nitrogen and oxygen atoms in total. The molecule has 2 unspecified atom stereocenters. The Kier molecular flexibility index (Phi) is 4.19. The summed E-state index contributed by atoms with van der Waals surface area (Å²) >= 11 is 0. The van der Waals surface area contributed by atoms with Crippen LogP contribution in [0.25, 0.3) is 11.1 Å². The Morgan fingerprint density at radius 3 is 2.70 bits per heavy atom. The Bertz CT molecular complexity index is 745. The molecule has 0 saturated carbocycles. The third-order valence-corrected chi connectivity index (χ3v) is 4.19. The summed E-state index contributed by atoms with van der Waals surface area (Å²) in [5, 5.41) is 0. The zero-order valence-electron chi connectivity index (χ0n) is 12.7. The summed E-state index contributed by atoms with van der Waals surface area (Å²) in [5.74, 6) is -1.27. The Labute approximate surface area is 133 Å². The predicted molar refractivity (Wildman–Crippen MR) is 82.9 cm³/mol. The van der Waals surface area contributed by atoms with Crippen molar-refractivity contribution >= 4 is 11.8 Å². The molecule has 0 fully saturated rings. The molecule has 1 aliphatic rings. The maximum Gasteiger partial charge on any atom is 0.306 e. The molecule has 1 aromatic heterocycles. The highest BCUT2D eigenvalue weighted by atomic mass is 19.1. The second-order valence-corrected chi connectivity index (χ2v) is 5.58. The average Bonchev–Trinajstić information content (AvgIpc) is 2.59. The molecule has 3 rings (SSSR count). The molecule has 0 aliphatic heterocycles. The number of fused-ring (bicyclic) bond motifs is 1. The molecule has 0 saturated heterocycles. The molecular weight excluding hydrogens is 297 g/mol. The van der Waals surface area contributed by atoms with Crippen LogP contribution < -0.4 is 0 Å². The normalized spacial score (nSPS) is 20.0. The van der Waals surface area contributed by atoms with Gasteiger partial charge in [-0.3, -0.25) is 14.6 Å². The fraction of sp³-hybridized carbons (Fsp3) is 0.278. The summed E-state index contributed by atoms with van der Waals surface area (Å²) in [5.41, 5.74) is 2.93. The van der Waals surface area contributed by atoms with Crippen LogP contribution in [0.3, 0.4) is 0 Å². The maximum absolute atomic E-state index is 14.0. The Hall–Kier alpha value is -2.56. The first kappa shape index (κ1) is 15.3. The lowest BCUT2D eigenvalue weighted by atomic mass is 9.78. The van der Waals surface area contributed by atoms with Crippen molar-refractivity contribution in [1.29, 1.82) is 0 Å². The molecule has 1 aliphatic carbocycles. The van der Waals surface area contributed by atoms with Gasteiger partial charge in [0.2, 0.25) is 0 Å². The number of alkyl halides is 1. The van der Waals surface area contributed by atoms with Crippen molar-refractivity contribution in [2.45, 2.75) is 24.9 Å². The van der Waals surface area contributed by atoms with E-state index in [2.05, 4.69) is 4.98 Å². The fourth-order valence-electron chi connectivity index (χ4n) is 2.98. The lowest BCUT2D eigenvalue weighted by Crippen LogP contribution is -2.28. The van der Waals surface area contributed by atoms with Gasteiger partial charge in [-0.2, -0.15) is 0 Å². The van der Waals surface area contributed by atoms with Crippen molar-refractivity contribution in [2.75, 3.05) is 7.11 Å². The van der Waals surface area contributed by atoms with Crippen molar-refractivity contribution in [3.8, 4) is 11.1 Å². The molecule has 23 heavy (non-hydrogen) atoms. The van der Waals surface area contributed by atoms with E-state index in [-0.39, 0.29) is 18.8 Å². The van der Waals surface area contributed by atoms with Crippen LogP contribution in [-0.4, -0.2) is 30.0 Å². The molecule has 1 heterocycles. The topological polar surface area (TPSA) is 56.3 Å². The minimum absolute atomic E-state index is 0.0146. The molecule has 0 spiro atoms. The van der Waals surface area contributed by atoms with Crippen LogP contribution >= 0.6 is 0 Å². The summed E-state index contributed by atoms with van der Waals surface area (Å²) in [6.45, 7) is 0. The second kappa shape index (κ2) is 6.28. The number of carbonyl (C=O) groups excluding carboxylic acids is 2. The number of Topliss-reactive ketones (excluding diaryl/α,β-unsaturated/α-hetero) is 1. The number of rotatable bonds is 3. The predicted octanol–water partition coefficient (Wildman–Crippen LogP) is 3.32. The van der Waals surface area contributed by atoms with Gasteiger partial charge >= 0.3 is 5.97 Å². The smallest absolute Gasteiger partial charge is 0.306 e. The van der Waals surface area contributed by atoms with Crippen LogP contribution in [0.2, 0.25) is 0 Å². The summed E-state index contributed by atoms with van der Waals surface area (Å²) < 4.78 is 18.7. The van der Waals surface area contributed by atoms with E-state index in [1.165, 1.54) is 7.11 Å². The van der Waals surface area contributed by atoms with Gasteiger partial charge in [-0.05, 0) is 41.2 Å². The third-order valence-electron chi connectivity index (χ3n) is 4.19. The van der Waals surface area contributed by atoms with E-state index in [0.29, 0.717) is 11.1 Å². The number of carbonyl (C=O) groups is 2. The standard InChI is InChI=1S/C18H16FNO3/c1-23-17(21)10-13-9-16(19)18(22)14-3-2-12(8-15(13)14)11-4-6-20-7-5-11/h2-8,13,16H,9-10H2,1H3. The van der Waals surface area contributed by atoms with Crippen molar-refractivity contribution in [2.24, 2.45) is 0 Å². The Morgan fingerprint density at radius 1 is 1.26 bits per heavy atom. The van der Waals surface area contributed by atoms with Gasteiger partial charge in [0.15, 0.2) is 12.0 Å². The summed E-state index contributed by atoms with van der Waals surface area (Å²) in [7, 11) is 1.30. The molecular formula is C18H16FNO3. The van der Waals surface area contributed by atoms with Crippen molar-refractivity contribution in [3.63, 3.8) is 0 Å². The minimum atomic E-state index is -1.57. The van der Waals surface area contributed by atoms with Gasteiger partial charge in [0.1, 0.15) is 0 Å².